The van der Waals surface area contributed by atoms with Crippen LogP contribution in [-0.2, 0) is 14.9 Å². The molecule has 2 aromatic heterocycles. The number of aryl methyl sites for hydroxylation is 1. The third-order valence-corrected chi connectivity index (χ3v) is 7.71. The van der Waals surface area contributed by atoms with E-state index >= 15 is 0 Å². The van der Waals surface area contributed by atoms with Crippen molar-refractivity contribution in [2.45, 2.75) is 25.7 Å². The topological polar surface area (TPSA) is 125 Å². The van der Waals surface area contributed by atoms with Gasteiger partial charge < -0.3 is 15.0 Å². The number of hydrogen-bond donors (Lipinski definition) is 3. The molecule has 0 amide bonds. The Labute approximate surface area is 196 Å². The maximum atomic E-state index is 13.1. The molecule has 10 nitrogen and oxygen atoms in total. The number of benzene rings is 2. The van der Waals surface area contributed by atoms with Crippen LogP contribution in [0.3, 0.4) is 0 Å². The number of H-pyrrole nitrogens is 1. The fourth-order valence-electron chi connectivity index (χ4n) is 4.22. The lowest BCUT2D eigenvalue weighted by atomic mass is 10.1. The van der Waals surface area contributed by atoms with Gasteiger partial charge in [-0.1, -0.05) is 18.2 Å². The number of fused-ring (bicyclic) bond motifs is 2. The molecule has 0 spiro atoms. The predicted octanol–water partition coefficient (Wildman–Crippen LogP) is 3.42. The molecule has 1 aliphatic heterocycles. The molecule has 0 radical (unpaired) electrons. The normalized spacial score (nSPS) is 17.3. The lowest BCUT2D eigenvalue weighted by Crippen LogP contribution is -2.43. The second-order valence-corrected chi connectivity index (χ2v) is 10.4. The molecule has 6 rings (SSSR count). The average molecular weight is 480 g/mol. The zero-order valence-electron chi connectivity index (χ0n) is 18.7. The van der Waals surface area contributed by atoms with Crippen LogP contribution in [0.25, 0.3) is 21.9 Å². The van der Waals surface area contributed by atoms with Gasteiger partial charge in [0.15, 0.2) is 0 Å². The molecule has 2 aromatic carbocycles. The summed E-state index contributed by atoms with van der Waals surface area (Å²) in [6.07, 6.45) is 3.95. The molecule has 176 valence electrons. The fraction of sp³-hybridized carbons (Fsp3) is 0.348. The number of aromatic amines is 1. The SMILES string of the molecule is Cc1cccc2cnc(Nc3cc(NS(=O)(=O)N4CCOCC4)c4nc(C5CC5)[nH]c4c3)nc12. The van der Waals surface area contributed by atoms with Gasteiger partial charge >= 0.3 is 10.2 Å². The average Bonchev–Trinajstić information content (AvgIpc) is 3.59. The maximum absolute atomic E-state index is 13.1. The Morgan fingerprint density at radius 2 is 1.94 bits per heavy atom. The van der Waals surface area contributed by atoms with Gasteiger partial charge in [-0.15, -0.1) is 0 Å². The highest BCUT2D eigenvalue weighted by Gasteiger charge is 2.29. The highest BCUT2D eigenvalue weighted by molar-refractivity contribution is 7.90. The van der Waals surface area contributed by atoms with Gasteiger partial charge in [-0.25, -0.2) is 15.0 Å². The predicted molar refractivity (Wildman–Crippen MR) is 131 cm³/mol. The smallest absolute Gasteiger partial charge is 0.301 e. The van der Waals surface area contributed by atoms with Crippen molar-refractivity contribution in [1.82, 2.24) is 24.2 Å². The lowest BCUT2D eigenvalue weighted by Gasteiger charge is -2.26. The van der Waals surface area contributed by atoms with Gasteiger partial charge in [-0.3, -0.25) is 4.72 Å². The molecule has 2 aliphatic rings. The Balaban J connectivity index is 1.38. The number of aromatic nitrogens is 4. The first-order valence-electron chi connectivity index (χ1n) is 11.3. The first kappa shape index (κ1) is 21.3. The number of ether oxygens (including phenoxy) is 1. The first-order valence-corrected chi connectivity index (χ1v) is 12.8. The molecule has 0 unspecified atom stereocenters. The van der Waals surface area contributed by atoms with Crippen LogP contribution in [0, 0.1) is 6.92 Å². The summed E-state index contributed by atoms with van der Waals surface area (Å²) in [6, 6.07) is 9.61. The van der Waals surface area contributed by atoms with Gasteiger partial charge in [0.05, 0.1) is 29.9 Å². The largest absolute Gasteiger partial charge is 0.379 e. The van der Waals surface area contributed by atoms with Crippen molar-refractivity contribution in [2.75, 3.05) is 36.3 Å². The number of rotatable bonds is 6. The van der Waals surface area contributed by atoms with E-state index in [0.717, 1.165) is 40.6 Å². The van der Waals surface area contributed by atoms with Gasteiger partial charge in [-0.2, -0.15) is 12.7 Å². The van der Waals surface area contributed by atoms with E-state index in [1.165, 1.54) is 4.31 Å². The molecular formula is C23H25N7O3S. The fourth-order valence-corrected chi connectivity index (χ4v) is 5.41. The molecule has 2 fully saturated rings. The standard InChI is InChI=1S/C23H25N7O3S/c1-14-3-2-4-16-13-24-23(28-20(14)16)25-17-11-18-21(27-22(26-18)15-5-6-15)19(12-17)29-34(31,32)30-7-9-33-10-8-30/h2-4,11-13,15,29H,5-10H2,1H3,(H,26,27)(H,24,25,28). The zero-order valence-corrected chi connectivity index (χ0v) is 19.5. The molecule has 11 heteroatoms. The van der Waals surface area contributed by atoms with Crippen molar-refractivity contribution in [2.24, 2.45) is 0 Å². The van der Waals surface area contributed by atoms with Crippen molar-refractivity contribution >= 4 is 49.5 Å². The van der Waals surface area contributed by atoms with Crippen molar-refractivity contribution in [3.05, 3.63) is 47.9 Å². The quantitative estimate of drug-likeness (QED) is 0.387. The third kappa shape index (κ3) is 4.06. The van der Waals surface area contributed by atoms with Crippen molar-refractivity contribution < 1.29 is 13.2 Å². The highest BCUT2D eigenvalue weighted by atomic mass is 32.2. The van der Waals surface area contributed by atoms with Crippen molar-refractivity contribution in [3.63, 3.8) is 0 Å². The summed E-state index contributed by atoms with van der Waals surface area (Å²) in [5.74, 6) is 1.72. The van der Waals surface area contributed by atoms with Gasteiger partial charge in [0.2, 0.25) is 5.95 Å². The van der Waals surface area contributed by atoms with E-state index in [1.807, 2.05) is 31.2 Å². The Bertz CT molecular complexity index is 1490. The summed E-state index contributed by atoms with van der Waals surface area (Å²) in [4.78, 5) is 17.2. The van der Waals surface area contributed by atoms with E-state index in [-0.39, 0.29) is 0 Å². The Morgan fingerprint density at radius 3 is 2.74 bits per heavy atom. The molecule has 1 saturated carbocycles. The molecule has 1 saturated heterocycles. The lowest BCUT2D eigenvalue weighted by molar-refractivity contribution is 0.0733. The van der Waals surface area contributed by atoms with Crippen LogP contribution in [-0.4, -0.2) is 59.0 Å². The summed E-state index contributed by atoms with van der Waals surface area (Å²) < 4.78 is 35.6. The van der Waals surface area contributed by atoms with Crippen molar-refractivity contribution in [1.29, 1.82) is 0 Å². The molecule has 3 N–H and O–H groups in total. The van der Waals surface area contributed by atoms with E-state index in [1.54, 1.807) is 12.3 Å². The summed E-state index contributed by atoms with van der Waals surface area (Å²) in [7, 11) is -3.76. The Hall–Kier alpha value is -3.28. The van der Waals surface area contributed by atoms with E-state index in [4.69, 9.17) is 9.72 Å². The molecule has 3 heterocycles. The van der Waals surface area contributed by atoms with Gasteiger partial charge in [-0.05, 0) is 37.5 Å². The van der Waals surface area contributed by atoms with Crippen LogP contribution in [0.4, 0.5) is 17.3 Å². The van der Waals surface area contributed by atoms with Crippen LogP contribution in [0.15, 0.2) is 36.5 Å². The van der Waals surface area contributed by atoms with E-state index in [0.29, 0.717) is 55.1 Å². The summed E-state index contributed by atoms with van der Waals surface area (Å²) >= 11 is 0. The zero-order chi connectivity index (χ0) is 23.3. The number of nitrogens with zero attached hydrogens (tertiary/aromatic N) is 4. The molecule has 4 aromatic rings. The van der Waals surface area contributed by atoms with Crippen LogP contribution in [0.2, 0.25) is 0 Å². The summed E-state index contributed by atoms with van der Waals surface area (Å²) in [5, 5.41) is 4.20. The summed E-state index contributed by atoms with van der Waals surface area (Å²) in [6.45, 7) is 3.40. The second-order valence-electron chi connectivity index (χ2n) is 8.77. The minimum atomic E-state index is -3.76. The van der Waals surface area contributed by atoms with Crippen molar-refractivity contribution in [3.8, 4) is 0 Å². The van der Waals surface area contributed by atoms with Crippen LogP contribution < -0.4 is 10.0 Å². The number of morpholine rings is 1. The number of hydrogen-bond acceptors (Lipinski definition) is 7. The second kappa shape index (κ2) is 8.19. The van der Waals surface area contributed by atoms with E-state index < -0.39 is 10.2 Å². The highest BCUT2D eigenvalue weighted by Crippen LogP contribution is 2.40. The van der Waals surface area contributed by atoms with Crippen LogP contribution in [0.5, 0.6) is 0 Å². The number of para-hydroxylation sites is 1. The molecule has 1 aliphatic carbocycles. The molecule has 34 heavy (non-hydrogen) atoms. The van der Waals surface area contributed by atoms with Gasteiger partial charge in [0, 0.05) is 36.3 Å². The van der Waals surface area contributed by atoms with Gasteiger partial charge in [0.1, 0.15) is 11.3 Å². The van der Waals surface area contributed by atoms with E-state index in [2.05, 4.69) is 25.0 Å². The van der Waals surface area contributed by atoms with E-state index in [9.17, 15) is 8.42 Å². The molecule has 0 atom stereocenters. The minimum absolute atomic E-state index is 0.314. The van der Waals surface area contributed by atoms with Crippen LogP contribution >= 0.6 is 0 Å². The monoisotopic (exact) mass is 479 g/mol. The maximum Gasteiger partial charge on any atom is 0.301 e. The number of nitrogens with one attached hydrogen (secondary N) is 3. The first-order chi connectivity index (χ1) is 16.5. The summed E-state index contributed by atoms with van der Waals surface area (Å²) in [5.41, 5.74) is 4.34. The Kier molecular flexibility index (Phi) is 5.12. The minimum Gasteiger partial charge on any atom is -0.379 e. The number of imidazole rings is 1. The number of anilines is 3. The van der Waals surface area contributed by atoms with Crippen LogP contribution in [0.1, 0.15) is 30.1 Å². The third-order valence-electron chi connectivity index (χ3n) is 6.19. The Morgan fingerprint density at radius 1 is 1.12 bits per heavy atom. The molecule has 0 bridgehead atoms. The van der Waals surface area contributed by atoms with Gasteiger partial charge in [0.25, 0.3) is 0 Å². The molecular weight excluding hydrogens is 454 g/mol.